The third-order valence-corrected chi connectivity index (χ3v) is 6.21. The van der Waals surface area contributed by atoms with Gasteiger partial charge in [0.25, 0.3) is 0 Å². The highest BCUT2D eigenvalue weighted by molar-refractivity contribution is 7.89. The lowest BCUT2D eigenvalue weighted by Crippen LogP contribution is -2.40. The summed E-state index contributed by atoms with van der Waals surface area (Å²) in [6.07, 6.45) is 3.44. The Morgan fingerprint density at radius 3 is 2.68 bits per heavy atom. The van der Waals surface area contributed by atoms with Gasteiger partial charge in [0.15, 0.2) is 0 Å². The van der Waals surface area contributed by atoms with E-state index in [1.54, 1.807) is 22.6 Å². The zero-order valence-electron chi connectivity index (χ0n) is 12.7. The molecule has 1 aliphatic heterocycles. The van der Waals surface area contributed by atoms with Gasteiger partial charge in [0.2, 0.25) is 10.0 Å². The number of aromatic nitrogens is 1. The van der Waals surface area contributed by atoms with Crippen molar-refractivity contribution in [3.8, 4) is 0 Å². The molecule has 1 aromatic heterocycles. The molecule has 1 fully saturated rings. The van der Waals surface area contributed by atoms with E-state index in [9.17, 15) is 8.42 Å². The summed E-state index contributed by atoms with van der Waals surface area (Å²) in [5.41, 5.74) is 0.558. The first-order valence-corrected chi connectivity index (χ1v) is 9.05. The van der Waals surface area contributed by atoms with Gasteiger partial charge in [0, 0.05) is 24.7 Å². The molecule has 0 radical (unpaired) electrons. The fourth-order valence-corrected chi connectivity index (χ4v) is 4.70. The summed E-state index contributed by atoms with van der Waals surface area (Å²) in [6.45, 7) is 2.11. The second-order valence-electron chi connectivity index (χ2n) is 5.74. The predicted molar refractivity (Wildman–Crippen MR) is 87.2 cm³/mol. The smallest absolute Gasteiger partial charge is 0.245 e. The SMILES string of the molecule is CNCC1CCN(S(=O)(=O)c2cccc3cccnc23)CC1. The van der Waals surface area contributed by atoms with E-state index >= 15 is 0 Å². The second-order valence-corrected chi connectivity index (χ2v) is 7.64. The van der Waals surface area contributed by atoms with Crippen LogP contribution in [0.5, 0.6) is 0 Å². The summed E-state index contributed by atoms with van der Waals surface area (Å²) in [5, 5.41) is 4.02. The molecule has 3 rings (SSSR count). The van der Waals surface area contributed by atoms with Gasteiger partial charge in [-0.2, -0.15) is 4.31 Å². The highest BCUT2D eigenvalue weighted by Gasteiger charge is 2.30. The minimum absolute atomic E-state index is 0.317. The van der Waals surface area contributed by atoms with Gasteiger partial charge < -0.3 is 5.32 Å². The molecule has 1 aromatic carbocycles. The molecule has 6 heteroatoms. The lowest BCUT2D eigenvalue weighted by atomic mass is 9.98. The van der Waals surface area contributed by atoms with Gasteiger partial charge >= 0.3 is 0 Å². The van der Waals surface area contributed by atoms with E-state index in [2.05, 4.69) is 10.3 Å². The molecule has 0 aliphatic carbocycles. The Hall–Kier alpha value is -1.50. The van der Waals surface area contributed by atoms with Crippen LogP contribution >= 0.6 is 0 Å². The maximum absolute atomic E-state index is 12.9. The Labute approximate surface area is 131 Å². The molecule has 2 aromatic rings. The molecule has 0 bridgehead atoms. The summed E-state index contributed by atoms with van der Waals surface area (Å²) < 4.78 is 27.5. The molecule has 1 N–H and O–H groups in total. The first-order chi connectivity index (χ1) is 10.6. The Bertz CT molecular complexity index is 748. The Morgan fingerprint density at radius 2 is 1.95 bits per heavy atom. The monoisotopic (exact) mass is 319 g/mol. The number of nitrogens with one attached hydrogen (secondary N) is 1. The second kappa shape index (κ2) is 6.32. The van der Waals surface area contributed by atoms with Crippen molar-refractivity contribution in [2.24, 2.45) is 5.92 Å². The van der Waals surface area contributed by atoms with Crippen molar-refractivity contribution in [2.75, 3.05) is 26.7 Å². The van der Waals surface area contributed by atoms with Gasteiger partial charge in [0.05, 0.1) is 5.52 Å². The van der Waals surface area contributed by atoms with E-state index in [-0.39, 0.29) is 0 Å². The minimum atomic E-state index is -3.48. The number of rotatable bonds is 4. The molecule has 0 spiro atoms. The third kappa shape index (κ3) is 2.86. The number of nitrogens with zero attached hydrogens (tertiary/aromatic N) is 2. The topological polar surface area (TPSA) is 62.3 Å². The summed E-state index contributed by atoms with van der Waals surface area (Å²) in [7, 11) is -1.54. The van der Waals surface area contributed by atoms with Crippen molar-refractivity contribution in [3.05, 3.63) is 36.5 Å². The fraction of sp³-hybridized carbons (Fsp3) is 0.438. The zero-order chi connectivity index (χ0) is 15.6. The highest BCUT2D eigenvalue weighted by atomic mass is 32.2. The number of hydrogen-bond acceptors (Lipinski definition) is 4. The lowest BCUT2D eigenvalue weighted by Gasteiger charge is -2.31. The minimum Gasteiger partial charge on any atom is -0.319 e. The number of fused-ring (bicyclic) bond motifs is 1. The van der Waals surface area contributed by atoms with E-state index < -0.39 is 10.0 Å². The van der Waals surface area contributed by atoms with Gasteiger partial charge in [0.1, 0.15) is 4.90 Å². The van der Waals surface area contributed by atoms with Crippen LogP contribution in [0.2, 0.25) is 0 Å². The van der Waals surface area contributed by atoms with Crippen LogP contribution in [0.1, 0.15) is 12.8 Å². The number of sulfonamides is 1. The molecular formula is C16H21N3O2S. The molecular weight excluding hydrogens is 298 g/mol. The van der Waals surface area contributed by atoms with Gasteiger partial charge in [-0.3, -0.25) is 4.98 Å². The Morgan fingerprint density at radius 1 is 1.23 bits per heavy atom. The molecule has 0 atom stereocenters. The van der Waals surface area contributed by atoms with Gasteiger partial charge in [-0.25, -0.2) is 8.42 Å². The molecule has 5 nitrogen and oxygen atoms in total. The first kappa shape index (κ1) is 15.4. The maximum atomic E-state index is 12.9. The van der Waals surface area contributed by atoms with E-state index in [0.29, 0.717) is 29.4 Å². The third-order valence-electron chi connectivity index (χ3n) is 4.28. The maximum Gasteiger partial charge on any atom is 0.245 e. The molecule has 1 aliphatic rings. The summed E-state index contributed by atoms with van der Waals surface area (Å²) >= 11 is 0. The molecule has 0 amide bonds. The predicted octanol–water partition coefficient (Wildman–Crippen LogP) is 1.85. The Kier molecular flexibility index (Phi) is 4.42. The number of piperidine rings is 1. The summed E-state index contributed by atoms with van der Waals surface area (Å²) in [6, 6.07) is 9.04. The number of benzene rings is 1. The quantitative estimate of drug-likeness (QED) is 0.934. The van der Waals surface area contributed by atoms with Crippen LogP contribution in [0.25, 0.3) is 10.9 Å². The van der Waals surface area contributed by atoms with E-state index in [0.717, 1.165) is 24.8 Å². The first-order valence-electron chi connectivity index (χ1n) is 7.61. The summed E-state index contributed by atoms with van der Waals surface area (Å²) in [5.74, 6) is 0.557. The number of hydrogen-bond donors (Lipinski definition) is 1. The summed E-state index contributed by atoms with van der Waals surface area (Å²) in [4.78, 5) is 4.59. The van der Waals surface area contributed by atoms with Crippen LogP contribution in [0.4, 0.5) is 0 Å². The molecule has 1 saturated heterocycles. The zero-order valence-corrected chi connectivity index (χ0v) is 13.5. The van der Waals surface area contributed by atoms with Gasteiger partial charge in [-0.1, -0.05) is 18.2 Å². The lowest BCUT2D eigenvalue weighted by molar-refractivity contribution is 0.271. The van der Waals surface area contributed by atoms with Gasteiger partial charge in [-0.05, 0) is 44.5 Å². The van der Waals surface area contributed by atoms with Gasteiger partial charge in [-0.15, -0.1) is 0 Å². The highest BCUT2D eigenvalue weighted by Crippen LogP contribution is 2.27. The van der Waals surface area contributed by atoms with Crippen LogP contribution < -0.4 is 5.32 Å². The molecule has 0 unspecified atom stereocenters. The van der Waals surface area contributed by atoms with Crippen molar-refractivity contribution in [2.45, 2.75) is 17.7 Å². The largest absolute Gasteiger partial charge is 0.319 e. The van der Waals surface area contributed by atoms with Crippen molar-refractivity contribution in [3.63, 3.8) is 0 Å². The average molecular weight is 319 g/mol. The molecule has 22 heavy (non-hydrogen) atoms. The van der Waals surface area contributed by atoms with Crippen LogP contribution in [-0.4, -0.2) is 44.4 Å². The van der Waals surface area contributed by atoms with Crippen molar-refractivity contribution < 1.29 is 8.42 Å². The molecule has 118 valence electrons. The van der Waals surface area contributed by atoms with Crippen molar-refractivity contribution >= 4 is 20.9 Å². The molecule has 0 saturated carbocycles. The average Bonchev–Trinajstić information content (AvgIpc) is 2.55. The van der Waals surface area contributed by atoms with Crippen LogP contribution in [0, 0.1) is 5.92 Å². The van der Waals surface area contributed by atoms with E-state index in [1.807, 2.05) is 25.2 Å². The Balaban J connectivity index is 1.90. The van der Waals surface area contributed by atoms with Crippen molar-refractivity contribution in [1.29, 1.82) is 0 Å². The standard InChI is InChI=1S/C16H21N3O2S/c1-17-12-13-7-10-19(11-8-13)22(20,21)15-6-2-4-14-5-3-9-18-16(14)15/h2-6,9,13,17H,7-8,10-12H2,1H3. The fourth-order valence-electron chi connectivity index (χ4n) is 3.07. The number of para-hydroxylation sites is 1. The van der Waals surface area contributed by atoms with E-state index in [1.165, 1.54) is 0 Å². The van der Waals surface area contributed by atoms with E-state index in [4.69, 9.17) is 0 Å². The van der Waals surface area contributed by atoms with Crippen LogP contribution in [0.15, 0.2) is 41.4 Å². The van der Waals surface area contributed by atoms with Crippen LogP contribution in [-0.2, 0) is 10.0 Å². The molecule has 2 heterocycles. The normalized spacial score (nSPS) is 17.9. The number of pyridine rings is 1. The van der Waals surface area contributed by atoms with Crippen LogP contribution in [0.3, 0.4) is 0 Å². The van der Waals surface area contributed by atoms with Crippen molar-refractivity contribution in [1.82, 2.24) is 14.6 Å².